The van der Waals surface area contributed by atoms with E-state index < -0.39 is 0 Å². The minimum atomic E-state index is 0.734. The van der Waals surface area contributed by atoms with Crippen molar-refractivity contribution >= 4 is 17.0 Å². The van der Waals surface area contributed by atoms with Crippen molar-refractivity contribution < 1.29 is 0 Å². The molecule has 94 valence electrons. The van der Waals surface area contributed by atoms with Crippen molar-refractivity contribution in [2.45, 2.75) is 6.54 Å². The topological polar surface area (TPSA) is 37.8 Å². The second-order valence-corrected chi connectivity index (χ2v) is 4.98. The molecule has 0 aliphatic heterocycles. The molecule has 0 radical (unpaired) electrons. The first-order chi connectivity index (χ1) is 9.42. The standard InChI is InChI=1S/C15H13N3S/c1-2-8-16-14(3-1)11-18-13-6-4-12(5-7-13)15-17-9-10-19-15/h1-10,18H,11H2. The SMILES string of the molecule is c1ccc(CNc2ccc(-c3nccs3)cc2)nc1. The average Bonchev–Trinajstić information content (AvgIpc) is 3.01. The number of hydrogen-bond donors (Lipinski definition) is 1. The van der Waals surface area contributed by atoms with Gasteiger partial charge in [0, 0.05) is 29.0 Å². The van der Waals surface area contributed by atoms with E-state index in [1.807, 2.05) is 36.0 Å². The third-order valence-electron chi connectivity index (χ3n) is 2.76. The molecular formula is C15H13N3S. The summed E-state index contributed by atoms with van der Waals surface area (Å²) in [6.45, 7) is 0.734. The van der Waals surface area contributed by atoms with Crippen LogP contribution in [-0.2, 0) is 6.54 Å². The molecule has 0 aliphatic rings. The zero-order valence-electron chi connectivity index (χ0n) is 10.3. The van der Waals surface area contributed by atoms with E-state index in [1.165, 1.54) is 0 Å². The van der Waals surface area contributed by atoms with E-state index in [-0.39, 0.29) is 0 Å². The Morgan fingerprint density at radius 2 is 1.84 bits per heavy atom. The lowest BCUT2D eigenvalue weighted by molar-refractivity contribution is 1.05. The highest BCUT2D eigenvalue weighted by molar-refractivity contribution is 7.13. The van der Waals surface area contributed by atoms with E-state index in [2.05, 4.69) is 39.6 Å². The Hall–Kier alpha value is -2.20. The van der Waals surface area contributed by atoms with Gasteiger partial charge in [0.25, 0.3) is 0 Å². The quantitative estimate of drug-likeness (QED) is 0.781. The number of pyridine rings is 1. The molecule has 3 nitrogen and oxygen atoms in total. The summed E-state index contributed by atoms with van der Waals surface area (Å²) in [4.78, 5) is 8.58. The number of aromatic nitrogens is 2. The summed E-state index contributed by atoms with van der Waals surface area (Å²) in [5.74, 6) is 0. The molecule has 0 bridgehead atoms. The van der Waals surface area contributed by atoms with Crippen molar-refractivity contribution in [2.24, 2.45) is 0 Å². The van der Waals surface area contributed by atoms with E-state index in [4.69, 9.17) is 0 Å². The second kappa shape index (κ2) is 5.63. The zero-order valence-corrected chi connectivity index (χ0v) is 11.1. The molecule has 0 fully saturated rings. The van der Waals surface area contributed by atoms with Gasteiger partial charge in [0.1, 0.15) is 5.01 Å². The van der Waals surface area contributed by atoms with Gasteiger partial charge in [-0.05, 0) is 36.4 Å². The zero-order chi connectivity index (χ0) is 12.9. The number of rotatable bonds is 4. The Bertz CT molecular complexity index is 618. The van der Waals surface area contributed by atoms with Crippen LogP contribution in [0.5, 0.6) is 0 Å². The minimum absolute atomic E-state index is 0.734. The highest BCUT2D eigenvalue weighted by Crippen LogP contribution is 2.23. The Labute approximate surface area is 116 Å². The van der Waals surface area contributed by atoms with Crippen LogP contribution in [0, 0.1) is 0 Å². The van der Waals surface area contributed by atoms with Gasteiger partial charge in [0.2, 0.25) is 0 Å². The van der Waals surface area contributed by atoms with Gasteiger partial charge in [-0.25, -0.2) is 4.98 Å². The Morgan fingerprint density at radius 1 is 0.947 bits per heavy atom. The average molecular weight is 267 g/mol. The summed E-state index contributed by atoms with van der Waals surface area (Å²) in [6, 6.07) is 14.2. The van der Waals surface area contributed by atoms with Crippen molar-refractivity contribution in [3.63, 3.8) is 0 Å². The van der Waals surface area contributed by atoms with Crippen LogP contribution in [0.4, 0.5) is 5.69 Å². The van der Waals surface area contributed by atoms with E-state index in [1.54, 1.807) is 11.3 Å². The van der Waals surface area contributed by atoms with E-state index >= 15 is 0 Å². The van der Waals surface area contributed by atoms with Crippen molar-refractivity contribution in [1.82, 2.24) is 9.97 Å². The summed E-state index contributed by atoms with van der Waals surface area (Å²) in [5.41, 5.74) is 3.27. The predicted molar refractivity (Wildman–Crippen MR) is 79.1 cm³/mol. The molecule has 2 aromatic heterocycles. The molecule has 0 aliphatic carbocycles. The Kier molecular flexibility index (Phi) is 3.51. The normalized spacial score (nSPS) is 10.3. The highest BCUT2D eigenvalue weighted by atomic mass is 32.1. The fourth-order valence-corrected chi connectivity index (χ4v) is 2.44. The van der Waals surface area contributed by atoms with Crippen molar-refractivity contribution in [3.8, 4) is 10.6 Å². The monoisotopic (exact) mass is 267 g/mol. The fraction of sp³-hybridized carbons (Fsp3) is 0.0667. The number of hydrogen-bond acceptors (Lipinski definition) is 4. The molecule has 0 unspecified atom stereocenters. The summed E-state index contributed by atoms with van der Waals surface area (Å²) >= 11 is 1.65. The molecule has 3 aromatic rings. The molecule has 1 N–H and O–H groups in total. The maximum atomic E-state index is 4.30. The van der Waals surface area contributed by atoms with Gasteiger partial charge >= 0.3 is 0 Å². The molecule has 0 amide bonds. The third-order valence-corrected chi connectivity index (χ3v) is 3.59. The second-order valence-electron chi connectivity index (χ2n) is 4.09. The van der Waals surface area contributed by atoms with Gasteiger partial charge < -0.3 is 5.32 Å². The molecule has 0 spiro atoms. The number of benzene rings is 1. The molecule has 3 rings (SSSR count). The molecule has 4 heteroatoms. The fourth-order valence-electron chi connectivity index (χ4n) is 1.79. The van der Waals surface area contributed by atoms with Crippen LogP contribution in [0.25, 0.3) is 10.6 Å². The first-order valence-corrected chi connectivity index (χ1v) is 6.93. The van der Waals surface area contributed by atoms with E-state index in [0.717, 1.165) is 28.5 Å². The molecule has 0 saturated carbocycles. The summed E-state index contributed by atoms with van der Waals surface area (Å²) < 4.78 is 0. The van der Waals surface area contributed by atoms with Crippen LogP contribution in [0.3, 0.4) is 0 Å². The first kappa shape index (κ1) is 11.9. The Morgan fingerprint density at radius 3 is 2.53 bits per heavy atom. The summed E-state index contributed by atoms with van der Waals surface area (Å²) in [7, 11) is 0. The smallest absolute Gasteiger partial charge is 0.123 e. The maximum absolute atomic E-state index is 4.30. The number of nitrogens with one attached hydrogen (secondary N) is 1. The van der Waals surface area contributed by atoms with Crippen LogP contribution >= 0.6 is 11.3 Å². The van der Waals surface area contributed by atoms with Crippen LogP contribution in [-0.4, -0.2) is 9.97 Å². The highest BCUT2D eigenvalue weighted by Gasteiger charge is 2.00. The van der Waals surface area contributed by atoms with Gasteiger partial charge in [-0.3, -0.25) is 4.98 Å². The van der Waals surface area contributed by atoms with Crippen molar-refractivity contribution in [3.05, 3.63) is 65.9 Å². The first-order valence-electron chi connectivity index (χ1n) is 6.05. The molecular weight excluding hydrogens is 254 g/mol. The summed E-state index contributed by atoms with van der Waals surface area (Å²) in [6.07, 6.45) is 3.63. The van der Waals surface area contributed by atoms with Crippen LogP contribution < -0.4 is 5.32 Å². The lowest BCUT2D eigenvalue weighted by atomic mass is 10.2. The van der Waals surface area contributed by atoms with Gasteiger partial charge in [-0.15, -0.1) is 11.3 Å². The van der Waals surface area contributed by atoms with E-state index in [9.17, 15) is 0 Å². The van der Waals surface area contributed by atoms with Crippen molar-refractivity contribution in [1.29, 1.82) is 0 Å². The lowest BCUT2D eigenvalue weighted by Crippen LogP contribution is -2.00. The molecule has 19 heavy (non-hydrogen) atoms. The molecule has 1 aromatic carbocycles. The van der Waals surface area contributed by atoms with Crippen LogP contribution in [0.1, 0.15) is 5.69 Å². The van der Waals surface area contributed by atoms with Gasteiger partial charge in [0.15, 0.2) is 0 Å². The number of thiazole rings is 1. The van der Waals surface area contributed by atoms with Crippen LogP contribution in [0.2, 0.25) is 0 Å². The number of anilines is 1. The Balaban J connectivity index is 1.67. The minimum Gasteiger partial charge on any atom is -0.379 e. The van der Waals surface area contributed by atoms with Gasteiger partial charge in [-0.1, -0.05) is 6.07 Å². The summed E-state index contributed by atoms with van der Waals surface area (Å²) in [5, 5.41) is 6.39. The third kappa shape index (κ3) is 2.98. The van der Waals surface area contributed by atoms with E-state index in [0.29, 0.717) is 0 Å². The number of nitrogens with zero attached hydrogens (tertiary/aromatic N) is 2. The lowest BCUT2D eigenvalue weighted by Gasteiger charge is -2.06. The molecule has 2 heterocycles. The molecule has 0 saturated heterocycles. The van der Waals surface area contributed by atoms with Gasteiger partial charge in [0.05, 0.1) is 12.2 Å². The van der Waals surface area contributed by atoms with Crippen LogP contribution in [0.15, 0.2) is 60.2 Å². The van der Waals surface area contributed by atoms with Crippen molar-refractivity contribution in [2.75, 3.05) is 5.32 Å². The maximum Gasteiger partial charge on any atom is 0.123 e. The largest absolute Gasteiger partial charge is 0.379 e. The van der Waals surface area contributed by atoms with Gasteiger partial charge in [-0.2, -0.15) is 0 Å². The predicted octanol–water partition coefficient (Wildman–Crippen LogP) is 3.82. The molecule has 0 atom stereocenters.